The van der Waals surface area contributed by atoms with Crippen molar-refractivity contribution >= 4 is 23.8 Å². The van der Waals surface area contributed by atoms with Crippen LogP contribution in [0.5, 0.6) is 0 Å². The van der Waals surface area contributed by atoms with Gasteiger partial charge in [0.25, 0.3) is 0 Å². The van der Waals surface area contributed by atoms with Crippen molar-refractivity contribution in [3.8, 4) is 0 Å². The molecule has 0 aliphatic carbocycles. The van der Waals surface area contributed by atoms with Crippen molar-refractivity contribution in [2.24, 2.45) is 12.8 Å². The van der Waals surface area contributed by atoms with Gasteiger partial charge in [0.2, 0.25) is 11.8 Å². The fraction of sp³-hybridized carbons (Fsp3) is 0.444. The Kier molecular flexibility index (Phi) is 10.4. The summed E-state index contributed by atoms with van der Waals surface area (Å²) in [5, 5.41) is 11.1. The summed E-state index contributed by atoms with van der Waals surface area (Å²) in [6.07, 6.45) is 0. The quantitative estimate of drug-likeness (QED) is 0.319. The highest BCUT2D eigenvalue weighted by Gasteiger charge is 2.35. The number of nitrogens with zero attached hydrogens (tertiary/aromatic N) is 5. The number of amides is 2. The molecule has 0 saturated carbocycles. The molecule has 11 heteroatoms. The number of aromatic nitrogens is 4. The van der Waals surface area contributed by atoms with Gasteiger partial charge >= 0.3 is 5.82 Å². The van der Waals surface area contributed by atoms with Gasteiger partial charge < -0.3 is 20.7 Å². The van der Waals surface area contributed by atoms with E-state index in [0.717, 1.165) is 11.1 Å². The van der Waals surface area contributed by atoms with Crippen LogP contribution in [0.3, 0.4) is 0 Å². The molecule has 204 valence electrons. The molecule has 10 nitrogen and oxygen atoms in total. The number of nitrogens with one attached hydrogen (secondary N) is 1. The monoisotopic (exact) mass is 540 g/mol. The van der Waals surface area contributed by atoms with Crippen molar-refractivity contribution in [1.82, 2.24) is 24.7 Å². The van der Waals surface area contributed by atoms with E-state index in [4.69, 9.17) is 10.5 Å². The van der Waals surface area contributed by atoms with Gasteiger partial charge in [0.1, 0.15) is 16.4 Å². The second-order valence-electron chi connectivity index (χ2n) is 9.48. The molecule has 3 aromatic rings. The maximum atomic E-state index is 13.4. The summed E-state index contributed by atoms with van der Waals surface area (Å²) in [4.78, 5) is 28.0. The Labute approximate surface area is 228 Å². The van der Waals surface area contributed by atoms with Crippen LogP contribution in [0.4, 0.5) is 0 Å². The summed E-state index contributed by atoms with van der Waals surface area (Å²) in [6.45, 7) is 8.95. The first-order valence-corrected chi connectivity index (χ1v) is 13.5. The van der Waals surface area contributed by atoms with E-state index in [9.17, 15) is 9.59 Å². The van der Waals surface area contributed by atoms with Crippen molar-refractivity contribution in [2.75, 3.05) is 19.7 Å². The fourth-order valence-corrected chi connectivity index (χ4v) is 4.76. The number of likely N-dealkylation sites (N-methyl/N-ethyl adjacent to an activating group) is 1. The minimum absolute atomic E-state index is 0.0100. The number of nitrogens with two attached hydrogens (primary N) is 1. The third-order valence-electron chi connectivity index (χ3n) is 6.01. The van der Waals surface area contributed by atoms with Crippen LogP contribution in [0.2, 0.25) is 0 Å². The molecule has 1 unspecified atom stereocenters. The van der Waals surface area contributed by atoms with Crippen molar-refractivity contribution in [1.29, 1.82) is 0 Å². The third kappa shape index (κ3) is 7.62. The lowest BCUT2D eigenvalue weighted by atomic mass is 10.1. The van der Waals surface area contributed by atoms with E-state index in [-0.39, 0.29) is 18.4 Å². The van der Waals surface area contributed by atoms with Gasteiger partial charge in [-0.2, -0.15) is 4.68 Å². The predicted molar refractivity (Wildman–Crippen MR) is 147 cm³/mol. The van der Waals surface area contributed by atoms with Crippen LogP contribution in [0.25, 0.3) is 0 Å². The molecule has 1 aromatic heterocycles. The molecule has 2 aromatic carbocycles. The minimum Gasteiger partial charge on any atom is -0.374 e. The predicted octanol–water partition coefficient (Wildman–Crippen LogP) is 2.32. The van der Waals surface area contributed by atoms with Crippen LogP contribution in [0.15, 0.2) is 60.7 Å². The number of rotatable bonds is 13. The van der Waals surface area contributed by atoms with Crippen LogP contribution >= 0.6 is 11.9 Å². The zero-order valence-electron chi connectivity index (χ0n) is 22.7. The molecule has 0 bridgehead atoms. The maximum Gasteiger partial charge on any atom is 0.326 e. The topological polar surface area (TPSA) is 119 Å². The van der Waals surface area contributed by atoms with Gasteiger partial charge in [0.05, 0.1) is 25.8 Å². The van der Waals surface area contributed by atoms with Gasteiger partial charge in [-0.1, -0.05) is 60.7 Å². The molecular formula is C27H38N7O3S+. The Morgan fingerprint density at radius 2 is 1.71 bits per heavy atom. The molecule has 0 aliphatic heterocycles. The van der Waals surface area contributed by atoms with E-state index >= 15 is 0 Å². The van der Waals surface area contributed by atoms with Crippen LogP contribution in [0.1, 0.15) is 55.9 Å². The van der Waals surface area contributed by atoms with Gasteiger partial charge in [-0.15, -0.1) is 0 Å². The summed E-state index contributed by atoms with van der Waals surface area (Å²) < 4.78 is 9.24. The highest BCUT2D eigenvalue weighted by molar-refractivity contribution is 7.98. The number of carbonyl (C=O) groups is 2. The number of ether oxygens (including phenoxy) is 1. The van der Waals surface area contributed by atoms with Gasteiger partial charge in [-0.3, -0.25) is 9.59 Å². The second-order valence-corrected chi connectivity index (χ2v) is 10.5. The summed E-state index contributed by atoms with van der Waals surface area (Å²) in [7, 11) is 1.79. The van der Waals surface area contributed by atoms with E-state index in [0.29, 0.717) is 25.5 Å². The standard InChI is InChI=1S/C27H37N7O3S/c1-6-33(7-2)25(35)23(21-16-12-9-13-17-21)38-34-31-30-24(32(34)5)22(29-26(36)27(3,4)28)19-37-18-20-14-10-8-11-15-20/h8-17,22-23H,6-7,18-19,28H2,1-5H3/p+1/t22-,23?/m1/s1. The van der Waals surface area contributed by atoms with E-state index in [2.05, 4.69) is 15.6 Å². The Morgan fingerprint density at radius 1 is 1.11 bits per heavy atom. The van der Waals surface area contributed by atoms with E-state index in [1.807, 2.05) is 74.5 Å². The van der Waals surface area contributed by atoms with Gasteiger partial charge in [0.15, 0.2) is 5.21 Å². The molecule has 0 aliphatic rings. The van der Waals surface area contributed by atoms with Gasteiger partial charge in [0, 0.05) is 29.2 Å². The number of benzene rings is 2. The van der Waals surface area contributed by atoms with Crippen LogP contribution in [0, 0.1) is 0 Å². The van der Waals surface area contributed by atoms with Crippen molar-refractivity contribution in [2.45, 2.75) is 51.1 Å². The summed E-state index contributed by atoms with van der Waals surface area (Å²) in [5.41, 5.74) is 6.83. The molecule has 0 fully saturated rings. The summed E-state index contributed by atoms with van der Waals surface area (Å²) in [6, 6.07) is 18.8. The lowest BCUT2D eigenvalue weighted by Crippen LogP contribution is -2.53. The average Bonchev–Trinajstić information content (AvgIpc) is 3.27. The Hall–Kier alpha value is -3.28. The first-order valence-electron chi connectivity index (χ1n) is 12.7. The molecular weight excluding hydrogens is 502 g/mol. The summed E-state index contributed by atoms with van der Waals surface area (Å²) in [5.74, 6) is 0.126. The molecule has 3 N–H and O–H groups in total. The molecule has 38 heavy (non-hydrogen) atoms. The van der Waals surface area contributed by atoms with Crippen molar-refractivity contribution in [3.63, 3.8) is 0 Å². The number of tetrazole rings is 1. The molecule has 0 spiro atoms. The smallest absolute Gasteiger partial charge is 0.326 e. The third-order valence-corrected chi connectivity index (χ3v) is 7.20. The molecule has 1 heterocycles. The summed E-state index contributed by atoms with van der Waals surface area (Å²) >= 11 is 1.26. The zero-order chi connectivity index (χ0) is 27.7. The lowest BCUT2D eigenvalue weighted by molar-refractivity contribution is -0.748. The SMILES string of the molecule is CCN(CC)C(=O)C(Sn1nnc([C@@H](COCc2ccccc2)NC(=O)C(C)(C)N)[n+]1C)c1ccccc1. The minimum atomic E-state index is -1.09. The normalized spacial score (nSPS) is 13.1. The number of hydrogen-bond donors (Lipinski definition) is 2. The van der Waals surface area contributed by atoms with Gasteiger partial charge in [-0.25, -0.2) is 0 Å². The van der Waals surface area contributed by atoms with E-state index < -0.39 is 16.8 Å². The highest BCUT2D eigenvalue weighted by atomic mass is 32.2. The van der Waals surface area contributed by atoms with E-state index in [1.165, 1.54) is 11.9 Å². The largest absolute Gasteiger partial charge is 0.374 e. The van der Waals surface area contributed by atoms with Crippen molar-refractivity contribution < 1.29 is 19.0 Å². The average molecular weight is 541 g/mol. The fourth-order valence-electron chi connectivity index (χ4n) is 3.75. The molecule has 0 saturated heterocycles. The van der Waals surface area contributed by atoms with Crippen LogP contribution < -0.4 is 15.7 Å². The lowest BCUT2D eigenvalue weighted by Gasteiger charge is -2.24. The Bertz CT molecular complexity index is 1180. The maximum absolute atomic E-state index is 13.4. The second kappa shape index (κ2) is 13.5. The highest BCUT2D eigenvalue weighted by Crippen LogP contribution is 2.31. The van der Waals surface area contributed by atoms with Crippen LogP contribution in [-0.2, 0) is 28.0 Å². The number of carbonyl (C=O) groups excluding carboxylic acids is 2. The van der Waals surface area contributed by atoms with Gasteiger partial charge in [-0.05, 0) is 38.8 Å². The Morgan fingerprint density at radius 3 is 2.29 bits per heavy atom. The molecule has 0 radical (unpaired) electrons. The Balaban J connectivity index is 1.86. The molecule has 2 atom stereocenters. The zero-order valence-corrected chi connectivity index (χ0v) is 23.5. The first-order chi connectivity index (χ1) is 18.2. The first kappa shape index (κ1) is 29.3. The number of hydrogen-bond acceptors (Lipinski definition) is 7. The molecule has 2 amide bonds. The molecule has 3 rings (SSSR count). The van der Waals surface area contributed by atoms with Crippen LogP contribution in [-0.4, -0.2) is 56.5 Å². The van der Waals surface area contributed by atoms with Crippen molar-refractivity contribution in [3.05, 3.63) is 77.6 Å². The van der Waals surface area contributed by atoms with E-state index in [1.54, 1.807) is 34.7 Å².